The lowest BCUT2D eigenvalue weighted by Gasteiger charge is -2.20. The van der Waals surface area contributed by atoms with Crippen molar-refractivity contribution < 1.29 is 14.7 Å². The second-order valence-electron chi connectivity index (χ2n) is 5.79. The van der Waals surface area contributed by atoms with Crippen LogP contribution in [0, 0.1) is 11.3 Å². The molecule has 0 saturated heterocycles. The van der Waals surface area contributed by atoms with Crippen LogP contribution in [0.2, 0.25) is 0 Å². The maximum atomic E-state index is 12.0. The fourth-order valence-corrected chi connectivity index (χ4v) is 2.83. The van der Waals surface area contributed by atoms with Gasteiger partial charge < -0.3 is 15.7 Å². The van der Waals surface area contributed by atoms with Crippen LogP contribution in [0.4, 0.5) is 10.5 Å². The van der Waals surface area contributed by atoms with Gasteiger partial charge in [0.2, 0.25) is 0 Å². The highest BCUT2D eigenvalue weighted by Crippen LogP contribution is 2.51. The molecule has 0 aromatic heterocycles. The Bertz CT molecular complexity index is 568. The molecule has 1 aliphatic carbocycles. The highest BCUT2D eigenvalue weighted by Gasteiger charge is 2.45. The number of anilines is 1. The summed E-state index contributed by atoms with van der Waals surface area (Å²) in [6.45, 7) is 4.93. The van der Waals surface area contributed by atoms with Crippen molar-refractivity contribution in [3.05, 3.63) is 28.2 Å². The molecule has 2 rings (SSSR count). The van der Waals surface area contributed by atoms with Gasteiger partial charge in [-0.05, 0) is 52.2 Å². The van der Waals surface area contributed by atoms with Crippen molar-refractivity contribution in [1.29, 1.82) is 0 Å². The summed E-state index contributed by atoms with van der Waals surface area (Å²) in [7, 11) is 0. The third-order valence-corrected chi connectivity index (χ3v) is 4.86. The molecule has 114 valence electrons. The van der Waals surface area contributed by atoms with E-state index in [0.29, 0.717) is 16.9 Å². The number of rotatable bonds is 5. The average molecular weight is 355 g/mol. The summed E-state index contributed by atoms with van der Waals surface area (Å²) in [6.07, 6.45) is 2.25. The lowest BCUT2D eigenvalue weighted by atomic mass is 9.92. The molecule has 1 saturated carbocycles. The first-order chi connectivity index (χ1) is 9.85. The van der Waals surface area contributed by atoms with Gasteiger partial charge in [0.15, 0.2) is 0 Å². The number of halogens is 1. The molecule has 0 heterocycles. The van der Waals surface area contributed by atoms with E-state index < -0.39 is 5.97 Å². The molecule has 21 heavy (non-hydrogen) atoms. The number of hydrogen-bond donors (Lipinski definition) is 3. The predicted molar refractivity (Wildman–Crippen MR) is 84.6 cm³/mol. The van der Waals surface area contributed by atoms with Gasteiger partial charge in [-0.15, -0.1) is 0 Å². The van der Waals surface area contributed by atoms with Gasteiger partial charge in [-0.3, -0.25) is 0 Å². The van der Waals surface area contributed by atoms with E-state index in [9.17, 15) is 9.59 Å². The number of aromatic carboxylic acids is 1. The normalized spacial score (nSPS) is 15.6. The summed E-state index contributed by atoms with van der Waals surface area (Å²) in [5.41, 5.74) is 0.544. The van der Waals surface area contributed by atoms with Crippen molar-refractivity contribution >= 4 is 33.6 Å². The van der Waals surface area contributed by atoms with Crippen LogP contribution in [0.1, 0.15) is 37.0 Å². The zero-order valence-electron chi connectivity index (χ0n) is 12.1. The molecule has 0 radical (unpaired) electrons. The second kappa shape index (κ2) is 6.05. The van der Waals surface area contributed by atoms with E-state index in [-0.39, 0.29) is 22.7 Å². The van der Waals surface area contributed by atoms with Crippen LogP contribution in [0.5, 0.6) is 0 Å². The van der Waals surface area contributed by atoms with Gasteiger partial charge in [0, 0.05) is 11.0 Å². The summed E-state index contributed by atoms with van der Waals surface area (Å²) < 4.78 is 0.544. The molecule has 0 unspecified atom stereocenters. The molecule has 1 fully saturated rings. The number of carbonyl (C=O) groups excluding carboxylic acids is 1. The highest BCUT2D eigenvalue weighted by molar-refractivity contribution is 9.10. The zero-order chi connectivity index (χ0) is 15.6. The Kier molecular flexibility index (Phi) is 4.56. The molecule has 6 heteroatoms. The average Bonchev–Trinajstić information content (AvgIpc) is 3.19. The number of carboxylic acids is 1. The minimum atomic E-state index is -1.08. The number of hydrogen-bond acceptors (Lipinski definition) is 2. The Morgan fingerprint density at radius 3 is 2.57 bits per heavy atom. The summed E-state index contributed by atoms with van der Waals surface area (Å²) in [4.78, 5) is 23.2. The second-order valence-corrected chi connectivity index (χ2v) is 6.65. The Hall–Kier alpha value is -1.56. The van der Waals surface area contributed by atoms with Gasteiger partial charge in [0.05, 0.1) is 11.3 Å². The monoisotopic (exact) mass is 354 g/mol. The topological polar surface area (TPSA) is 78.4 Å². The molecule has 1 aliphatic rings. The fraction of sp³-hybridized carbons (Fsp3) is 0.467. The minimum absolute atomic E-state index is 0.0597. The molecule has 1 aromatic rings. The van der Waals surface area contributed by atoms with Crippen molar-refractivity contribution in [2.75, 3.05) is 11.9 Å². The molecule has 2 amide bonds. The number of nitrogens with one attached hydrogen (secondary N) is 2. The Labute approximate surface area is 132 Å². The molecule has 0 bridgehead atoms. The van der Waals surface area contributed by atoms with Crippen LogP contribution < -0.4 is 10.6 Å². The fourth-order valence-electron chi connectivity index (χ4n) is 2.36. The van der Waals surface area contributed by atoms with Crippen molar-refractivity contribution in [2.45, 2.75) is 26.7 Å². The lowest BCUT2D eigenvalue weighted by molar-refractivity contribution is 0.0698. The number of benzene rings is 1. The van der Waals surface area contributed by atoms with E-state index in [2.05, 4.69) is 40.4 Å². The van der Waals surface area contributed by atoms with E-state index in [4.69, 9.17) is 5.11 Å². The summed E-state index contributed by atoms with van der Waals surface area (Å²) in [5, 5.41) is 14.6. The molecule has 0 aliphatic heterocycles. The SMILES string of the molecule is CC(C)C1(CNC(=O)Nc2c(Br)cccc2C(=O)O)CC1. The number of urea groups is 1. The summed E-state index contributed by atoms with van der Waals surface area (Å²) >= 11 is 3.26. The van der Waals surface area contributed by atoms with E-state index in [1.165, 1.54) is 6.07 Å². The highest BCUT2D eigenvalue weighted by atomic mass is 79.9. The van der Waals surface area contributed by atoms with Gasteiger partial charge in [-0.2, -0.15) is 0 Å². The third kappa shape index (κ3) is 3.56. The van der Waals surface area contributed by atoms with Gasteiger partial charge >= 0.3 is 12.0 Å². The predicted octanol–water partition coefficient (Wildman–Crippen LogP) is 3.71. The number of para-hydroxylation sites is 1. The molecule has 0 atom stereocenters. The molecular weight excluding hydrogens is 336 g/mol. The molecule has 1 aromatic carbocycles. The van der Waals surface area contributed by atoms with Crippen molar-refractivity contribution in [1.82, 2.24) is 5.32 Å². The Morgan fingerprint density at radius 1 is 1.38 bits per heavy atom. The van der Waals surface area contributed by atoms with Gasteiger partial charge in [-0.1, -0.05) is 19.9 Å². The van der Waals surface area contributed by atoms with Crippen LogP contribution >= 0.6 is 15.9 Å². The maximum Gasteiger partial charge on any atom is 0.337 e. The maximum absolute atomic E-state index is 12.0. The quantitative estimate of drug-likeness (QED) is 0.754. The number of carboxylic acid groups (broad SMARTS) is 1. The largest absolute Gasteiger partial charge is 0.478 e. The van der Waals surface area contributed by atoms with Crippen LogP contribution in [0.15, 0.2) is 22.7 Å². The first kappa shape index (κ1) is 15.8. The number of amides is 2. The van der Waals surface area contributed by atoms with E-state index in [1.54, 1.807) is 12.1 Å². The Balaban J connectivity index is 2.02. The van der Waals surface area contributed by atoms with Crippen LogP contribution in [0.3, 0.4) is 0 Å². The molecular formula is C15H19BrN2O3. The zero-order valence-corrected chi connectivity index (χ0v) is 13.7. The van der Waals surface area contributed by atoms with Crippen molar-refractivity contribution in [3.8, 4) is 0 Å². The van der Waals surface area contributed by atoms with Crippen LogP contribution in [-0.2, 0) is 0 Å². The van der Waals surface area contributed by atoms with E-state index in [1.807, 2.05) is 0 Å². The van der Waals surface area contributed by atoms with E-state index in [0.717, 1.165) is 12.8 Å². The minimum Gasteiger partial charge on any atom is -0.478 e. The first-order valence-electron chi connectivity index (χ1n) is 6.92. The summed E-state index contributed by atoms with van der Waals surface area (Å²) in [5.74, 6) is -0.553. The Morgan fingerprint density at radius 2 is 2.05 bits per heavy atom. The van der Waals surface area contributed by atoms with Crippen molar-refractivity contribution in [2.24, 2.45) is 11.3 Å². The van der Waals surface area contributed by atoms with Crippen molar-refractivity contribution in [3.63, 3.8) is 0 Å². The standard InChI is InChI=1S/C15H19BrN2O3/c1-9(2)15(6-7-15)8-17-14(21)18-12-10(13(19)20)4-3-5-11(12)16/h3-5,9H,6-8H2,1-2H3,(H,19,20)(H2,17,18,21). The molecule has 0 spiro atoms. The smallest absolute Gasteiger partial charge is 0.337 e. The number of carbonyl (C=O) groups is 2. The van der Waals surface area contributed by atoms with Crippen LogP contribution in [-0.4, -0.2) is 23.7 Å². The lowest BCUT2D eigenvalue weighted by Crippen LogP contribution is -2.36. The first-order valence-corrected chi connectivity index (χ1v) is 7.72. The van der Waals surface area contributed by atoms with Gasteiger partial charge in [0.25, 0.3) is 0 Å². The molecule has 3 N–H and O–H groups in total. The summed E-state index contributed by atoms with van der Waals surface area (Å²) in [6, 6.07) is 4.39. The third-order valence-electron chi connectivity index (χ3n) is 4.20. The van der Waals surface area contributed by atoms with E-state index >= 15 is 0 Å². The molecule has 5 nitrogen and oxygen atoms in total. The van der Waals surface area contributed by atoms with Gasteiger partial charge in [0.1, 0.15) is 0 Å². The van der Waals surface area contributed by atoms with Crippen LogP contribution in [0.25, 0.3) is 0 Å². The van der Waals surface area contributed by atoms with Gasteiger partial charge in [-0.25, -0.2) is 9.59 Å².